The van der Waals surface area contributed by atoms with Crippen molar-refractivity contribution in [1.82, 2.24) is 0 Å². The molecule has 8 bridgehead atoms. The van der Waals surface area contributed by atoms with Crippen molar-refractivity contribution < 1.29 is 9.59 Å². The fourth-order valence-corrected chi connectivity index (χ4v) is 5.18. The molecule has 0 unspecified atom stereocenters. The highest BCUT2D eigenvalue weighted by atomic mass is 16.1. The molecule has 0 amide bonds. The number of carbonyl (C=O) groups is 2. The van der Waals surface area contributed by atoms with Crippen molar-refractivity contribution in [3.05, 3.63) is 68.3 Å². The second kappa shape index (κ2) is 5.66. The van der Waals surface area contributed by atoms with Crippen molar-refractivity contribution in [2.45, 2.75) is 57.8 Å². The monoisotopic (exact) mass is 330 g/mol. The SMILES string of the molecule is O=Cc1c2cc3c4c1CCCc1cc(cc(c1C4=O)CCC2)CCC3. The Morgan fingerprint density at radius 1 is 0.680 bits per heavy atom. The van der Waals surface area contributed by atoms with Crippen LogP contribution in [0.25, 0.3) is 0 Å². The first-order chi connectivity index (χ1) is 12.3. The summed E-state index contributed by atoms with van der Waals surface area (Å²) in [5.74, 6) is 0.180. The fraction of sp³-hybridized carbons (Fsp3) is 0.391. The van der Waals surface area contributed by atoms with Crippen LogP contribution in [0.4, 0.5) is 0 Å². The molecule has 126 valence electrons. The van der Waals surface area contributed by atoms with E-state index >= 15 is 0 Å². The highest BCUT2D eigenvalue weighted by Crippen LogP contribution is 2.36. The average molecular weight is 330 g/mol. The largest absolute Gasteiger partial charge is 0.298 e. The topological polar surface area (TPSA) is 34.1 Å². The fourth-order valence-electron chi connectivity index (χ4n) is 5.18. The second-order valence-electron chi connectivity index (χ2n) is 7.76. The molecule has 2 aromatic carbocycles. The molecule has 0 aliphatic heterocycles. The van der Waals surface area contributed by atoms with E-state index in [4.69, 9.17) is 0 Å². The van der Waals surface area contributed by atoms with E-state index in [0.29, 0.717) is 0 Å². The number of aryl methyl sites for hydroxylation is 5. The normalized spacial score (nSPS) is 18.0. The van der Waals surface area contributed by atoms with E-state index in [1.165, 1.54) is 22.3 Å². The zero-order valence-corrected chi connectivity index (χ0v) is 14.5. The van der Waals surface area contributed by atoms with Gasteiger partial charge in [0.05, 0.1) is 0 Å². The maximum absolute atomic E-state index is 13.7. The molecule has 5 aliphatic carbocycles. The average Bonchev–Trinajstić information content (AvgIpc) is 2.59. The number of hydrogen-bond donors (Lipinski definition) is 0. The molecule has 2 heteroatoms. The summed E-state index contributed by atoms with van der Waals surface area (Å²) >= 11 is 0. The first kappa shape index (κ1) is 15.1. The van der Waals surface area contributed by atoms with E-state index in [2.05, 4.69) is 18.2 Å². The molecular formula is C23H22O2. The molecule has 0 N–H and O–H groups in total. The molecule has 7 rings (SSSR count). The summed E-state index contributed by atoms with van der Waals surface area (Å²) in [4.78, 5) is 25.6. The van der Waals surface area contributed by atoms with Crippen LogP contribution in [0.2, 0.25) is 0 Å². The third-order valence-electron chi connectivity index (χ3n) is 6.25. The number of carbonyl (C=O) groups excluding carboxylic acids is 2. The van der Waals surface area contributed by atoms with Crippen molar-refractivity contribution in [1.29, 1.82) is 0 Å². The van der Waals surface area contributed by atoms with Crippen LogP contribution in [0.3, 0.4) is 0 Å². The Labute approximate surface area is 148 Å². The molecule has 0 atom stereocenters. The van der Waals surface area contributed by atoms with E-state index in [0.717, 1.165) is 91.9 Å². The first-order valence-corrected chi connectivity index (χ1v) is 9.58. The van der Waals surface area contributed by atoms with Crippen molar-refractivity contribution in [3.8, 4) is 0 Å². The zero-order chi connectivity index (χ0) is 17.0. The molecule has 0 fully saturated rings. The summed E-state index contributed by atoms with van der Waals surface area (Å²) in [5.41, 5.74) is 9.91. The van der Waals surface area contributed by atoms with E-state index in [-0.39, 0.29) is 5.78 Å². The number of fused-ring (bicyclic) bond motifs is 4. The van der Waals surface area contributed by atoms with E-state index in [1.54, 1.807) is 0 Å². The molecule has 2 nitrogen and oxygen atoms in total. The van der Waals surface area contributed by atoms with Gasteiger partial charge < -0.3 is 0 Å². The van der Waals surface area contributed by atoms with Gasteiger partial charge in [-0.2, -0.15) is 0 Å². The van der Waals surface area contributed by atoms with Crippen LogP contribution in [0.5, 0.6) is 0 Å². The Morgan fingerprint density at radius 3 is 2.00 bits per heavy atom. The van der Waals surface area contributed by atoms with Gasteiger partial charge in [-0.25, -0.2) is 0 Å². The highest BCUT2D eigenvalue weighted by molar-refractivity contribution is 6.14. The molecule has 0 saturated heterocycles. The molecule has 0 saturated carbocycles. The summed E-state index contributed by atoms with van der Waals surface area (Å²) < 4.78 is 0. The van der Waals surface area contributed by atoms with Gasteiger partial charge in [-0.05, 0) is 91.2 Å². The van der Waals surface area contributed by atoms with Crippen molar-refractivity contribution in [3.63, 3.8) is 0 Å². The maximum Gasteiger partial charge on any atom is 0.194 e. The summed E-state index contributed by atoms with van der Waals surface area (Å²) in [7, 11) is 0. The standard InChI is InChI=1S/C23H22O2/c24-13-20-15-5-2-7-16-10-14-4-1-6-18(12-15)22-19(20)9-3-8-17(11-14)21(16)23(22)25/h10-13H,1-9H2. The van der Waals surface area contributed by atoms with E-state index in [1.807, 2.05) is 0 Å². The highest BCUT2D eigenvalue weighted by Gasteiger charge is 2.30. The maximum atomic E-state index is 13.7. The predicted molar refractivity (Wildman–Crippen MR) is 97.8 cm³/mol. The van der Waals surface area contributed by atoms with Crippen LogP contribution >= 0.6 is 0 Å². The summed E-state index contributed by atoms with van der Waals surface area (Å²) in [6.07, 6.45) is 9.75. The predicted octanol–water partition coefficient (Wildman–Crippen LogP) is 4.20. The van der Waals surface area contributed by atoms with Gasteiger partial charge in [0.1, 0.15) is 0 Å². The van der Waals surface area contributed by atoms with Crippen LogP contribution in [-0.4, -0.2) is 12.1 Å². The van der Waals surface area contributed by atoms with E-state index in [9.17, 15) is 9.59 Å². The van der Waals surface area contributed by atoms with E-state index < -0.39 is 0 Å². The number of rotatable bonds is 1. The Morgan fingerprint density at radius 2 is 1.28 bits per heavy atom. The van der Waals surface area contributed by atoms with Crippen LogP contribution in [0.15, 0.2) is 18.2 Å². The lowest BCUT2D eigenvalue weighted by molar-refractivity contribution is 0.103. The molecule has 25 heavy (non-hydrogen) atoms. The number of hydrogen-bond acceptors (Lipinski definition) is 2. The van der Waals surface area contributed by atoms with Crippen LogP contribution in [-0.2, 0) is 38.5 Å². The van der Waals surface area contributed by atoms with Gasteiger partial charge >= 0.3 is 0 Å². The van der Waals surface area contributed by atoms with Gasteiger partial charge in [-0.1, -0.05) is 18.2 Å². The van der Waals surface area contributed by atoms with Gasteiger partial charge in [0, 0.05) is 16.7 Å². The van der Waals surface area contributed by atoms with Gasteiger partial charge in [0.2, 0.25) is 0 Å². The summed E-state index contributed by atoms with van der Waals surface area (Å²) in [5, 5.41) is 0. The van der Waals surface area contributed by atoms with Crippen molar-refractivity contribution in [2.75, 3.05) is 0 Å². The minimum Gasteiger partial charge on any atom is -0.298 e. The summed E-state index contributed by atoms with van der Waals surface area (Å²) in [6, 6.07) is 6.76. The molecule has 0 spiro atoms. The number of ketones is 1. The lowest BCUT2D eigenvalue weighted by atomic mass is 9.75. The lowest BCUT2D eigenvalue weighted by Crippen LogP contribution is -2.22. The lowest BCUT2D eigenvalue weighted by Gasteiger charge is -2.27. The third kappa shape index (κ3) is 2.23. The Bertz CT molecular complexity index is 920. The molecule has 0 aromatic heterocycles. The Balaban J connectivity index is 1.95. The number of benzene rings is 2. The Kier molecular flexibility index (Phi) is 3.41. The minimum absolute atomic E-state index is 0.180. The molecule has 0 radical (unpaired) electrons. The number of aldehydes is 1. The van der Waals surface area contributed by atoms with Crippen LogP contribution < -0.4 is 0 Å². The Hall–Kier alpha value is -2.22. The first-order valence-electron chi connectivity index (χ1n) is 9.58. The molecule has 2 aromatic rings. The van der Waals surface area contributed by atoms with Crippen LogP contribution in [0, 0.1) is 0 Å². The molecule has 0 heterocycles. The second-order valence-corrected chi connectivity index (χ2v) is 7.76. The molecular weight excluding hydrogens is 308 g/mol. The van der Waals surface area contributed by atoms with Crippen molar-refractivity contribution >= 4 is 12.1 Å². The van der Waals surface area contributed by atoms with Crippen molar-refractivity contribution in [2.24, 2.45) is 0 Å². The van der Waals surface area contributed by atoms with Crippen LogP contribution in [0.1, 0.15) is 78.9 Å². The minimum atomic E-state index is 0.180. The van der Waals surface area contributed by atoms with Gasteiger partial charge in [-0.15, -0.1) is 0 Å². The molecule has 5 aliphatic rings. The zero-order valence-electron chi connectivity index (χ0n) is 14.5. The van der Waals surface area contributed by atoms with Gasteiger partial charge in [0.15, 0.2) is 12.1 Å². The van der Waals surface area contributed by atoms with Gasteiger partial charge in [0.25, 0.3) is 0 Å². The quantitative estimate of drug-likeness (QED) is 0.735. The third-order valence-corrected chi connectivity index (χ3v) is 6.25. The van der Waals surface area contributed by atoms with Gasteiger partial charge in [-0.3, -0.25) is 9.59 Å². The smallest absolute Gasteiger partial charge is 0.194 e. The summed E-state index contributed by atoms with van der Waals surface area (Å²) in [6.45, 7) is 0.